The van der Waals surface area contributed by atoms with Crippen LogP contribution in [0.2, 0.25) is 0 Å². The average molecular weight is 687 g/mol. The lowest BCUT2D eigenvalue weighted by Crippen LogP contribution is -2.43. The molecule has 3 rings (SSSR count). The second kappa shape index (κ2) is 15.7. The minimum Gasteiger partial charge on any atom is -0.462 e. The number of nitrogens with one attached hydrogen (secondary N) is 1. The average Bonchev–Trinajstić information content (AvgIpc) is 3.48. The van der Waals surface area contributed by atoms with Gasteiger partial charge in [0, 0.05) is 14.1 Å². The molecule has 0 amide bonds. The number of alkyl halides is 1. The van der Waals surface area contributed by atoms with Crippen molar-refractivity contribution in [3.05, 3.63) is 12.2 Å². The number of terminal acetylenes is 1. The minimum atomic E-state index is -4.59. The van der Waals surface area contributed by atoms with Gasteiger partial charge in [-0.2, -0.15) is 0 Å². The number of carbonyl (C=O) groups is 2. The van der Waals surface area contributed by atoms with Crippen LogP contribution in [0.25, 0.3) is 11.2 Å². The van der Waals surface area contributed by atoms with Crippen molar-refractivity contribution in [2.45, 2.75) is 97.2 Å². The lowest BCUT2D eigenvalue weighted by atomic mass is 9.97. The van der Waals surface area contributed by atoms with E-state index < -0.39 is 75.6 Å². The fourth-order valence-electron chi connectivity index (χ4n) is 4.63. The van der Waals surface area contributed by atoms with Gasteiger partial charge >= 0.3 is 19.9 Å². The van der Waals surface area contributed by atoms with Crippen molar-refractivity contribution in [1.82, 2.24) is 24.6 Å². The molecule has 1 saturated heterocycles. The molecule has 1 unspecified atom stereocenters. The van der Waals surface area contributed by atoms with Crippen LogP contribution in [0, 0.1) is 25.2 Å². The number of esters is 1. The highest BCUT2D eigenvalue weighted by Gasteiger charge is 2.58. The predicted molar refractivity (Wildman–Crippen MR) is 167 cm³/mol. The first-order valence-electron chi connectivity index (χ1n) is 15.0. The molecule has 1 aliphatic rings. The third-order valence-corrected chi connectivity index (χ3v) is 8.22. The molecular formula is C29H44FN6O10P. The van der Waals surface area contributed by atoms with E-state index in [4.69, 9.17) is 34.4 Å². The third kappa shape index (κ3) is 9.37. The highest BCUT2D eigenvalue weighted by Crippen LogP contribution is 2.48. The zero-order valence-corrected chi connectivity index (χ0v) is 28.9. The van der Waals surface area contributed by atoms with Crippen LogP contribution < -0.4 is 9.99 Å². The highest BCUT2D eigenvalue weighted by atomic mass is 31.2. The van der Waals surface area contributed by atoms with Gasteiger partial charge in [0.2, 0.25) is 12.5 Å². The fraction of sp³-hybridized carbons (Fsp3) is 0.690. The number of nitrogens with zero attached hydrogens (tertiary/aromatic N) is 5. The molecule has 0 aromatic carbocycles. The number of hydrogen-bond donors (Lipinski definition) is 2. The Labute approximate surface area is 273 Å². The van der Waals surface area contributed by atoms with Crippen LogP contribution in [0.15, 0.2) is 6.33 Å². The van der Waals surface area contributed by atoms with E-state index in [1.807, 2.05) is 19.8 Å². The molecule has 6 atom stereocenters. The smallest absolute Gasteiger partial charge is 0.462 e. The summed E-state index contributed by atoms with van der Waals surface area (Å²) in [4.78, 5) is 39.6. The van der Waals surface area contributed by atoms with Crippen LogP contribution in [0.1, 0.15) is 60.0 Å². The molecule has 262 valence electrons. The molecule has 18 heteroatoms. The van der Waals surface area contributed by atoms with Gasteiger partial charge in [-0.25, -0.2) is 33.8 Å². The molecule has 0 saturated carbocycles. The van der Waals surface area contributed by atoms with Gasteiger partial charge in [-0.05, 0) is 47.0 Å². The van der Waals surface area contributed by atoms with E-state index in [2.05, 4.69) is 20.0 Å². The summed E-state index contributed by atoms with van der Waals surface area (Å²) in [6, 6.07) is -1.19. The van der Waals surface area contributed by atoms with E-state index in [-0.39, 0.29) is 18.0 Å². The molecule has 3 heterocycles. The summed E-state index contributed by atoms with van der Waals surface area (Å²) in [5, 5.41) is 13.6. The Morgan fingerprint density at radius 3 is 2.43 bits per heavy atom. The van der Waals surface area contributed by atoms with Gasteiger partial charge in [0.05, 0.1) is 25.1 Å². The Balaban J connectivity index is 1.90. The summed E-state index contributed by atoms with van der Waals surface area (Å²) in [7, 11) is -1.08. The molecule has 2 N–H and O–H groups in total. The fourth-order valence-corrected chi connectivity index (χ4v) is 5.98. The number of halogens is 1. The van der Waals surface area contributed by atoms with Crippen molar-refractivity contribution in [3.8, 4) is 12.3 Å². The first-order valence-corrected chi connectivity index (χ1v) is 16.5. The quantitative estimate of drug-likeness (QED) is 0.120. The van der Waals surface area contributed by atoms with Crippen molar-refractivity contribution < 1.29 is 51.6 Å². The third-order valence-electron chi connectivity index (χ3n) is 6.66. The molecular weight excluding hydrogens is 642 g/mol. The summed E-state index contributed by atoms with van der Waals surface area (Å²) < 4.78 is 63.4. The van der Waals surface area contributed by atoms with Gasteiger partial charge in [0.1, 0.15) is 24.1 Å². The van der Waals surface area contributed by atoms with Gasteiger partial charge in [-0.15, -0.1) is 6.42 Å². The largest absolute Gasteiger partial charge is 0.510 e. The van der Waals surface area contributed by atoms with Crippen LogP contribution >= 0.6 is 7.75 Å². The van der Waals surface area contributed by atoms with Crippen LogP contribution in [-0.2, 0) is 37.4 Å². The van der Waals surface area contributed by atoms with E-state index in [0.29, 0.717) is 17.2 Å². The zero-order chi connectivity index (χ0) is 35.3. The zero-order valence-electron chi connectivity index (χ0n) is 28.0. The van der Waals surface area contributed by atoms with Gasteiger partial charge in [0.25, 0.3) is 0 Å². The van der Waals surface area contributed by atoms with Crippen molar-refractivity contribution >= 4 is 36.9 Å². The highest BCUT2D eigenvalue weighted by molar-refractivity contribution is 7.51. The number of aliphatic hydroxyl groups excluding tert-OH is 1. The molecule has 2 aromatic rings. The number of ether oxygens (including phenoxy) is 4. The van der Waals surface area contributed by atoms with Crippen LogP contribution in [0.5, 0.6) is 0 Å². The molecule has 16 nitrogen and oxygen atoms in total. The maximum atomic E-state index is 16.4. The Hall–Kier alpha value is -3.39. The van der Waals surface area contributed by atoms with E-state index >= 15 is 4.39 Å². The van der Waals surface area contributed by atoms with Crippen molar-refractivity contribution in [2.24, 2.45) is 5.92 Å². The van der Waals surface area contributed by atoms with Gasteiger partial charge in [-0.3, -0.25) is 18.4 Å². The van der Waals surface area contributed by atoms with Crippen LogP contribution in [0.3, 0.4) is 0 Å². The van der Waals surface area contributed by atoms with E-state index in [1.54, 1.807) is 53.6 Å². The lowest BCUT2D eigenvalue weighted by molar-refractivity contribution is -0.150. The monoisotopic (exact) mass is 686 g/mol. The first kappa shape index (κ1) is 38.1. The second-order valence-electron chi connectivity index (χ2n) is 12.1. The number of rotatable bonds is 15. The van der Waals surface area contributed by atoms with Crippen molar-refractivity contribution in [3.63, 3.8) is 0 Å². The standard InChI is InChI=1S/C29H44FN6O10P/c1-11-29(30)23(37)21(46-27(29)36-14-31-22-24(35(9)10)32-19(8)33-25(22)36)13-42-47(40,43-15-41-28(39)45-18(6)7)34-20(12-16(2)3)26(38)44-17(4)5/h1,14,16-18,20-21,23,27,37H,12-13,15H2,2-10H3,(H,34,40)/t20-,21+,23+,27+,29+,47?/m0/s1. The predicted octanol–water partition coefficient (Wildman–Crippen LogP) is 3.42. The summed E-state index contributed by atoms with van der Waals surface area (Å²) >= 11 is 0. The maximum Gasteiger partial charge on any atom is 0.510 e. The number of aliphatic hydroxyl groups is 1. The van der Waals surface area contributed by atoms with Gasteiger partial charge < -0.3 is 29.0 Å². The Kier molecular flexibility index (Phi) is 12.7. The lowest BCUT2D eigenvalue weighted by Gasteiger charge is -2.27. The van der Waals surface area contributed by atoms with Gasteiger partial charge in [-0.1, -0.05) is 19.8 Å². The number of anilines is 1. The summed E-state index contributed by atoms with van der Waals surface area (Å²) in [6.45, 7) is 10.1. The normalized spacial score (nSPS) is 23.1. The SMILES string of the molecule is C#C[C@@]1(F)[C@H](O)[C@@H](COP(=O)(N[C@@H](CC(C)C)C(=O)OC(C)C)OCOC(=O)OC(C)C)O[C@H]1n1cnc2c(N(C)C)nc(C)nc21. The topological polar surface area (TPSA) is 186 Å². The minimum absolute atomic E-state index is 0.0769. The Morgan fingerprint density at radius 2 is 1.85 bits per heavy atom. The number of aryl methyl sites for hydroxylation is 1. The van der Waals surface area contributed by atoms with E-state index in [0.717, 1.165) is 0 Å². The molecule has 1 fully saturated rings. The molecule has 47 heavy (non-hydrogen) atoms. The van der Waals surface area contributed by atoms with E-state index in [1.165, 1.54) is 10.9 Å². The van der Waals surface area contributed by atoms with Crippen LogP contribution in [0.4, 0.5) is 15.0 Å². The number of carbonyl (C=O) groups excluding carboxylic acids is 2. The van der Waals surface area contributed by atoms with Crippen LogP contribution in [-0.4, -0.2) is 100 Å². The number of aromatic nitrogens is 4. The second-order valence-corrected chi connectivity index (χ2v) is 13.9. The maximum absolute atomic E-state index is 16.4. The number of fused-ring (bicyclic) bond motifs is 1. The number of hydrogen-bond acceptors (Lipinski definition) is 14. The summed E-state index contributed by atoms with van der Waals surface area (Å²) in [6.07, 6.45) is -0.247. The molecule has 0 spiro atoms. The first-order chi connectivity index (χ1) is 21.9. The molecule has 2 aromatic heterocycles. The van der Waals surface area contributed by atoms with E-state index in [9.17, 15) is 19.3 Å². The molecule has 1 aliphatic heterocycles. The van der Waals surface area contributed by atoms with Crippen molar-refractivity contribution in [1.29, 1.82) is 0 Å². The van der Waals surface area contributed by atoms with Gasteiger partial charge in [0.15, 0.2) is 23.2 Å². The summed E-state index contributed by atoms with van der Waals surface area (Å²) in [5.41, 5.74) is -2.29. The van der Waals surface area contributed by atoms with Crippen molar-refractivity contribution in [2.75, 3.05) is 32.4 Å². The molecule has 0 radical (unpaired) electrons. The number of imidazole rings is 1. The Morgan fingerprint density at radius 1 is 1.19 bits per heavy atom. The summed E-state index contributed by atoms with van der Waals surface area (Å²) in [5.74, 6) is 1.98. The molecule has 0 aliphatic carbocycles. The Bertz CT molecular complexity index is 1500. The molecule has 0 bridgehead atoms.